The van der Waals surface area contributed by atoms with Crippen LogP contribution in [-0.2, 0) is 6.61 Å². The van der Waals surface area contributed by atoms with Crippen molar-refractivity contribution in [3.05, 3.63) is 59.7 Å². The van der Waals surface area contributed by atoms with Gasteiger partial charge in [-0.1, -0.05) is 50.2 Å². The first-order chi connectivity index (χ1) is 11.0. The van der Waals surface area contributed by atoms with E-state index in [2.05, 4.69) is 0 Å². The Balaban J connectivity index is 2.16. The van der Waals surface area contributed by atoms with Crippen LogP contribution in [0.2, 0.25) is 0 Å². The maximum Gasteiger partial charge on any atom is 0.161 e. The molecule has 2 aromatic rings. The van der Waals surface area contributed by atoms with Crippen LogP contribution in [0.3, 0.4) is 0 Å². The van der Waals surface area contributed by atoms with Gasteiger partial charge >= 0.3 is 0 Å². The van der Waals surface area contributed by atoms with Crippen LogP contribution in [0.25, 0.3) is 0 Å². The van der Waals surface area contributed by atoms with Crippen molar-refractivity contribution >= 4 is 0 Å². The fraction of sp³-hybridized carbons (Fsp3) is 0.368. The summed E-state index contributed by atoms with van der Waals surface area (Å²) in [6.45, 7) is 4.36. The highest BCUT2D eigenvalue weighted by Gasteiger charge is 2.27. The van der Waals surface area contributed by atoms with E-state index in [1.807, 2.05) is 62.4 Å². The molecule has 2 rings (SSSR count). The van der Waals surface area contributed by atoms with Gasteiger partial charge in [0.1, 0.15) is 6.61 Å². The van der Waals surface area contributed by atoms with Crippen molar-refractivity contribution in [2.24, 2.45) is 11.1 Å². The molecule has 0 amide bonds. The zero-order chi connectivity index (χ0) is 16.9. The van der Waals surface area contributed by atoms with Crippen LogP contribution in [0.5, 0.6) is 11.5 Å². The number of hydrogen-bond donors (Lipinski definition) is 2. The Morgan fingerprint density at radius 3 is 2.39 bits per heavy atom. The van der Waals surface area contributed by atoms with Crippen LogP contribution in [0.15, 0.2) is 48.5 Å². The minimum Gasteiger partial charge on any atom is -0.493 e. The largest absolute Gasteiger partial charge is 0.493 e. The van der Waals surface area contributed by atoms with Crippen LogP contribution in [0.4, 0.5) is 0 Å². The van der Waals surface area contributed by atoms with Gasteiger partial charge in [-0.2, -0.15) is 0 Å². The standard InChI is InChI=1S/C19H25NO3/c1-19(2,13-21)18(20)15-9-10-16(17(11-15)22-3)23-12-14-7-5-4-6-8-14/h4-11,18,21H,12-13,20H2,1-3H3/t18-/m0/s1. The third kappa shape index (κ3) is 4.24. The number of rotatable bonds is 7. The number of ether oxygens (including phenoxy) is 2. The summed E-state index contributed by atoms with van der Waals surface area (Å²) in [7, 11) is 1.61. The van der Waals surface area contributed by atoms with Gasteiger partial charge in [-0.25, -0.2) is 0 Å². The van der Waals surface area contributed by atoms with Gasteiger partial charge in [0.25, 0.3) is 0 Å². The molecule has 3 N–H and O–H groups in total. The Kier molecular flexibility index (Phi) is 5.64. The van der Waals surface area contributed by atoms with E-state index >= 15 is 0 Å². The van der Waals surface area contributed by atoms with Crippen molar-refractivity contribution in [2.75, 3.05) is 13.7 Å². The zero-order valence-corrected chi connectivity index (χ0v) is 14.0. The first-order valence-corrected chi connectivity index (χ1v) is 7.69. The predicted octanol–water partition coefficient (Wildman–Crippen LogP) is 3.29. The smallest absolute Gasteiger partial charge is 0.161 e. The summed E-state index contributed by atoms with van der Waals surface area (Å²) in [6.07, 6.45) is 0. The summed E-state index contributed by atoms with van der Waals surface area (Å²) in [5, 5.41) is 9.48. The van der Waals surface area contributed by atoms with E-state index in [4.69, 9.17) is 15.2 Å². The second kappa shape index (κ2) is 7.49. The Labute approximate surface area is 137 Å². The Morgan fingerprint density at radius 2 is 1.78 bits per heavy atom. The van der Waals surface area contributed by atoms with E-state index in [-0.39, 0.29) is 12.6 Å². The lowest BCUT2D eigenvalue weighted by Crippen LogP contribution is -2.32. The molecule has 0 aliphatic heterocycles. The van der Waals surface area contributed by atoms with E-state index in [1.165, 1.54) is 0 Å². The molecule has 23 heavy (non-hydrogen) atoms. The van der Waals surface area contributed by atoms with Crippen molar-refractivity contribution < 1.29 is 14.6 Å². The molecule has 0 fully saturated rings. The number of benzene rings is 2. The van der Waals surface area contributed by atoms with Crippen LogP contribution in [0.1, 0.15) is 31.0 Å². The van der Waals surface area contributed by atoms with Gasteiger partial charge in [0.2, 0.25) is 0 Å². The van der Waals surface area contributed by atoms with Crippen LogP contribution >= 0.6 is 0 Å². The molecule has 0 unspecified atom stereocenters. The monoisotopic (exact) mass is 315 g/mol. The first kappa shape index (κ1) is 17.3. The van der Waals surface area contributed by atoms with Gasteiger partial charge in [0.05, 0.1) is 7.11 Å². The molecule has 0 spiro atoms. The van der Waals surface area contributed by atoms with Crippen LogP contribution in [0, 0.1) is 5.41 Å². The summed E-state index contributed by atoms with van der Waals surface area (Å²) in [4.78, 5) is 0. The van der Waals surface area contributed by atoms with Gasteiger partial charge in [0.15, 0.2) is 11.5 Å². The molecule has 0 saturated heterocycles. The third-order valence-corrected chi connectivity index (χ3v) is 4.03. The van der Waals surface area contributed by atoms with Crippen molar-refractivity contribution in [3.63, 3.8) is 0 Å². The fourth-order valence-corrected chi connectivity index (χ4v) is 2.28. The molecule has 1 atom stereocenters. The van der Waals surface area contributed by atoms with E-state index in [0.717, 1.165) is 11.1 Å². The number of aliphatic hydroxyl groups excluding tert-OH is 1. The lowest BCUT2D eigenvalue weighted by Gasteiger charge is -2.30. The second-order valence-electron chi connectivity index (χ2n) is 6.31. The van der Waals surface area contributed by atoms with Gasteiger partial charge < -0.3 is 20.3 Å². The summed E-state index contributed by atoms with van der Waals surface area (Å²) in [5.74, 6) is 1.32. The van der Waals surface area contributed by atoms with E-state index in [1.54, 1.807) is 7.11 Å². The maximum absolute atomic E-state index is 9.48. The molecule has 0 saturated carbocycles. The van der Waals surface area contributed by atoms with E-state index in [9.17, 15) is 5.11 Å². The molecule has 124 valence electrons. The second-order valence-corrected chi connectivity index (χ2v) is 6.31. The molecule has 2 aromatic carbocycles. The molecular formula is C19H25NO3. The molecule has 0 aliphatic rings. The highest BCUT2D eigenvalue weighted by molar-refractivity contribution is 5.44. The fourth-order valence-electron chi connectivity index (χ4n) is 2.28. The summed E-state index contributed by atoms with van der Waals surface area (Å²) in [6, 6.07) is 15.3. The summed E-state index contributed by atoms with van der Waals surface area (Å²) in [5.41, 5.74) is 7.86. The average molecular weight is 315 g/mol. The number of nitrogens with two attached hydrogens (primary N) is 1. The summed E-state index contributed by atoms with van der Waals surface area (Å²) < 4.78 is 11.3. The lowest BCUT2D eigenvalue weighted by molar-refractivity contribution is 0.132. The van der Waals surface area contributed by atoms with Crippen molar-refractivity contribution in [3.8, 4) is 11.5 Å². The molecule has 0 aromatic heterocycles. The number of aliphatic hydroxyl groups is 1. The van der Waals surface area contributed by atoms with Crippen LogP contribution < -0.4 is 15.2 Å². The SMILES string of the molecule is COc1cc([C@H](N)C(C)(C)CO)ccc1OCc1ccccc1. The van der Waals surface area contributed by atoms with Gasteiger partial charge in [-0.05, 0) is 23.3 Å². The van der Waals surface area contributed by atoms with Gasteiger partial charge in [-0.15, -0.1) is 0 Å². The minimum atomic E-state index is -0.405. The molecule has 0 aliphatic carbocycles. The molecule has 0 heterocycles. The van der Waals surface area contributed by atoms with E-state index in [0.29, 0.717) is 18.1 Å². The Hall–Kier alpha value is -2.04. The lowest BCUT2D eigenvalue weighted by atomic mass is 9.82. The normalized spacial score (nSPS) is 12.7. The molecule has 4 nitrogen and oxygen atoms in total. The molecule has 4 heteroatoms. The Morgan fingerprint density at radius 1 is 1.09 bits per heavy atom. The van der Waals surface area contributed by atoms with Crippen molar-refractivity contribution in [1.29, 1.82) is 0 Å². The number of hydrogen-bond acceptors (Lipinski definition) is 4. The Bertz CT molecular complexity index is 626. The number of methoxy groups -OCH3 is 1. The average Bonchev–Trinajstić information content (AvgIpc) is 2.60. The minimum absolute atomic E-state index is 0.0166. The van der Waals surface area contributed by atoms with Gasteiger partial charge in [-0.3, -0.25) is 0 Å². The van der Waals surface area contributed by atoms with Crippen molar-refractivity contribution in [1.82, 2.24) is 0 Å². The highest BCUT2D eigenvalue weighted by Crippen LogP contribution is 2.36. The zero-order valence-electron chi connectivity index (χ0n) is 14.0. The predicted molar refractivity (Wildman–Crippen MR) is 91.6 cm³/mol. The topological polar surface area (TPSA) is 64.7 Å². The van der Waals surface area contributed by atoms with Gasteiger partial charge in [0, 0.05) is 18.1 Å². The molecule has 0 radical (unpaired) electrons. The molecule has 0 bridgehead atoms. The van der Waals surface area contributed by atoms with Crippen molar-refractivity contribution in [2.45, 2.75) is 26.5 Å². The molecular weight excluding hydrogens is 290 g/mol. The highest BCUT2D eigenvalue weighted by atomic mass is 16.5. The van der Waals surface area contributed by atoms with E-state index < -0.39 is 5.41 Å². The third-order valence-electron chi connectivity index (χ3n) is 4.03. The maximum atomic E-state index is 9.48. The quantitative estimate of drug-likeness (QED) is 0.823. The van der Waals surface area contributed by atoms with Crippen LogP contribution in [-0.4, -0.2) is 18.8 Å². The summed E-state index contributed by atoms with van der Waals surface area (Å²) >= 11 is 0. The first-order valence-electron chi connectivity index (χ1n) is 7.69.